The maximum Gasteiger partial charge on any atom is 0.224 e. The summed E-state index contributed by atoms with van der Waals surface area (Å²) in [6, 6.07) is 7.95. The van der Waals surface area contributed by atoms with E-state index < -0.39 is 0 Å². The zero-order chi connectivity index (χ0) is 12.8. The van der Waals surface area contributed by atoms with Crippen LogP contribution in [0.2, 0.25) is 0 Å². The highest BCUT2D eigenvalue weighted by Gasteiger charge is 2.14. The van der Waals surface area contributed by atoms with E-state index in [4.69, 9.17) is 0 Å². The molecule has 2 N–H and O–H groups in total. The van der Waals surface area contributed by atoms with Crippen LogP contribution >= 0.6 is 0 Å². The molecule has 1 aromatic rings. The Labute approximate surface area is 109 Å². The lowest BCUT2D eigenvalue weighted by atomic mass is 10.1. The van der Waals surface area contributed by atoms with Crippen LogP contribution in [0.1, 0.15) is 39.0 Å². The molecule has 0 aromatic heterocycles. The van der Waals surface area contributed by atoms with Crippen LogP contribution in [0.25, 0.3) is 0 Å². The summed E-state index contributed by atoms with van der Waals surface area (Å²) in [5.74, 6) is 0.877. The minimum Gasteiger partial charge on any atom is -0.385 e. The van der Waals surface area contributed by atoms with Crippen molar-refractivity contribution in [1.29, 1.82) is 0 Å². The van der Waals surface area contributed by atoms with E-state index in [9.17, 15) is 4.79 Å². The first kappa shape index (κ1) is 12.9. The van der Waals surface area contributed by atoms with Gasteiger partial charge >= 0.3 is 0 Å². The number of rotatable bonds is 5. The Bertz CT molecular complexity index is 397. The Balaban J connectivity index is 1.87. The van der Waals surface area contributed by atoms with Crippen LogP contribution in [-0.2, 0) is 4.79 Å². The zero-order valence-electron chi connectivity index (χ0n) is 11.0. The van der Waals surface area contributed by atoms with Gasteiger partial charge in [-0.3, -0.25) is 4.79 Å². The topological polar surface area (TPSA) is 41.1 Å². The van der Waals surface area contributed by atoms with Crippen molar-refractivity contribution < 1.29 is 4.79 Å². The van der Waals surface area contributed by atoms with Gasteiger partial charge in [0, 0.05) is 24.3 Å². The van der Waals surface area contributed by atoms with Gasteiger partial charge in [0.05, 0.1) is 0 Å². The highest BCUT2D eigenvalue weighted by molar-refractivity contribution is 5.90. The number of hydrogen-bond acceptors (Lipinski definition) is 2. The number of benzene rings is 1. The van der Waals surface area contributed by atoms with Gasteiger partial charge in [0.25, 0.3) is 0 Å². The van der Waals surface area contributed by atoms with E-state index in [1.54, 1.807) is 0 Å². The van der Waals surface area contributed by atoms with Crippen LogP contribution in [0.15, 0.2) is 24.3 Å². The third-order valence-electron chi connectivity index (χ3n) is 3.54. The molecular weight excluding hydrogens is 224 g/mol. The zero-order valence-corrected chi connectivity index (χ0v) is 11.0. The Kier molecular flexibility index (Phi) is 4.62. The average Bonchev–Trinajstić information content (AvgIpc) is 2.90. The molecular formula is C15H22N2O. The highest BCUT2D eigenvalue weighted by atomic mass is 16.1. The lowest BCUT2D eigenvalue weighted by Gasteiger charge is -2.13. The first-order valence-corrected chi connectivity index (χ1v) is 6.91. The summed E-state index contributed by atoms with van der Waals surface area (Å²) < 4.78 is 0. The maximum absolute atomic E-state index is 11.3. The SMILES string of the molecule is CCC(=O)Nc1cccc(NCC2CCCC2)c1. The van der Waals surface area contributed by atoms with Gasteiger partial charge in [-0.2, -0.15) is 0 Å². The third kappa shape index (κ3) is 3.76. The molecule has 1 aliphatic carbocycles. The molecule has 0 radical (unpaired) electrons. The fourth-order valence-electron chi connectivity index (χ4n) is 2.43. The van der Waals surface area contributed by atoms with Crippen LogP contribution in [0.5, 0.6) is 0 Å². The smallest absolute Gasteiger partial charge is 0.224 e. The molecule has 0 aliphatic heterocycles. The van der Waals surface area contributed by atoms with Gasteiger partial charge in [-0.1, -0.05) is 25.8 Å². The summed E-state index contributed by atoms with van der Waals surface area (Å²) >= 11 is 0. The maximum atomic E-state index is 11.3. The second-order valence-electron chi connectivity index (χ2n) is 5.01. The van der Waals surface area contributed by atoms with E-state index in [2.05, 4.69) is 16.7 Å². The van der Waals surface area contributed by atoms with Gasteiger partial charge in [-0.15, -0.1) is 0 Å². The van der Waals surface area contributed by atoms with E-state index in [1.165, 1.54) is 25.7 Å². The fraction of sp³-hybridized carbons (Fsp3) is 0.533. The number of anilines is 2. The number of carbonyl (C=O) groups excluding carboxylic acids is 1. The predicted octanol–water partition coefficient (Wildman–Crippen LogP) is 3.64. The largest absolute Gasteiger partial charge is 0.385 e. The normalized spacial score (nSPS) is 15.6. The Morgan fingerprint density at radius 1 is 1.28 bits per heavy atom. The molecule has 0 bridgehead atoms. The van der Waals surface area contributed by atoms with E-state index >= 15 is 0 Å². The van der Waals surface area contributed by atoms with Crippen LogP contribution < -0.4 is 10.6 Å². The highest BCUT2D eigenvalue weighted by Crippen LogP contribution is 2.25. The minimum absolute atomic E-state index is 0.0583. The quantitative estimate of drug-likeness (QED) is 0.832. The summed E-state index contributed by atoms with van der Waals surface area (Å²) in [7, 11) is 0. The van der Waals surface area contributed by atoms with Crippen LogP contribution in [-0.4, -0.2) is 12.5 Å². The van der Waals surface area contributed by atoms with Crippen molar-refractivity contribution in [1.82, 2.24) is 0 Å². The Morgan fingerprint density at radius 3 is 2.72 bits per heavy atom. The number of nitrogens with one attached hydrogen (secondary N) is 2. The molecule has 1 amide bonds. The van der Waals surface area contributed by atoms with Gasteiger partial charge in [0.2, 0.25) is 5.91 Å². The molecule has 1 fully saturated rings. The first-order valence-electron chi connectivity index (χ1n) is 6.91. The molecule has 1 aromatic carbocycles. The molecule has 0 unspecified atom stereocenters. The molecule has 1 aliphatic rings. The summed E-state index contributed by atoms with van der Waals surface area (Å²) in [6.45, 7) is 2.91. The minimum atomic E-state index is 0.0583. The van der Waals surface area contributed by atoms with Crippen molar-refractivity contribution in [3.63, 3.8) is 0 Å². The van der Waals surface area contributed by atoms with Crippen molar-refractivity contribution in [3.05, 3.63) is 24.3 Å². The van der Waals surface area contributed by atoms with Gasteiger partial charge < -0.3 is 10.6 Å². The Morgan fingerprint density at radius 2 is 2.00 bits per heavy atom. The molecule has 0 saturated heterocycles. The van der Waals surface area contributed by atoms with Gasteiger partial charge in [-0.05, 0) is 37.0 Å². The predicted molar refractivity (Wildman–Crippen MR) is 75.8 cm³/mol. The van der Waals surface area contributed by atoms with Crippen LogP contribution in [0, 0.1) is 5.92 Å². The molecule has 0 atom stereocenters. The Hall–Kier alpha value is -1.51. The molecule has 1 saturated carbocycles. The lowest BCUT2D eigenvalue weighted by molar-refractivity contribution is -0.115. The molecule has 18 heavy (non-hydrogen) atoms. The van der Waals surface area contributed by atoms with E-state index in [0.29, 0.717) is 6.42 Å². The third-order valence-corrected chi connectivity index (χ3v) is 3.54. The summed E-state index contributed by atoms with van der Waals surface area (Å²) in [6.07, 6.45) is 5.95. The van der Waals surface area contributed by atoms with Crippen LogP contribution in [0.4, 0.5) is 11.4 Å². The van der Waals surface area contributed by atoms with Crippen molar-refractivity contribution in [2.24, 2.45) is 5.92 Å². The van der Waals surface area contributed by atoms with Gasteiger partial charge in [-0.25, -0.2) is 0 Å². The van der Waals surface area contributed by atoms with E-state index in [1.807, 2.05) is 25.1 Å². The molecule has 98 valence electrons. The van der Waals surface area contributed by atoms with Gasteiger partial charge in [0.1, 0.15) is 0 Å². The van der Waals surface area contributed by atoms with Crippen LogP contribution in [0.3, 0.4) is 0 Å². The first-order chi connectivity index (χ1) is 8.78. The lowest BCUT2D eigenvalue weighted by Crippen LogP contribution is -2.12. The van der Waals surface area contributed by atoms with Gasteiger partial charge in [0.15, 0.2) is 0 Å². The number of hydrogen-bond donors (Lipinski definition) is 2. The average molecular weight is 246 g/mol. The van der Waals surface area contributed by atoms with Crippen molar-refractivity contribution in [2.45, 2.75) is 39.0 Å². The summed E-state index contributed by atoms with van der Waals surface area (Å²) in [4.78, 5) is 11.3. The van der Waals surface area contributed by atoms with E-state index in [0.717, 1.165) is 23.8 Å². The fourth-order valence-corrected chi connectivity index (χ4v) is 2.43. The van der Waals surface area contributed by atoms with Crippen molar-refractivity contribution in [3.8, 4) is 0 Å². The van der Waals surface area contributed by atoms with Crippen molar-refractivity contribution in [2.75, 3.05) is 17.2 Å². The summed E-state index contributed by atoms with van der Waals surface area (Å²) in [5, 5.41) is 6.35. The van der Waals surface area contributed by atoms with E-state index in [-0.39, 0.29) is 5.91 Å². The molecule has 3 nitrogen and oxygen atoms in total. The molecule has 0 spiro atoms. The van der Waals surface area contributed by atoms with Crippen molar-refractivity contribution >= 4 is 17.3 Å². The standard InChI is InChI=1S/C15H22N2O/c1-2-15(18)17-14-9-5-8-13(10-14)16-11-12-6-3-4-7-12/h5,8-10,12,16H,2-4,6-7,11H2,1H3,(H,17,18). The second-order valence-corrected chi connectivity index (χ2v) is 5.01. The molecule has 3 heteroatoms. The number of carbonyl (C=O) groups is 1. The number of amides is 1. The second kappa shape index (κ2) is 6.43. The molecule has 2 rings (SSSR count). The monoisotopic (exact) mass is 246 g/mol. The summed E-state index contributed by atoms with van der Waals surface area (Å²) in [5.41, 5.74) is 1.97. The molecule has 0 heterocycles.